The van der Waals surface area contributed by atoms with Crippen LogP contribution in [0.1, 0.15) is 5.56 Å². The summed E-state index contributed by atoms with van der Waals surface area (Å²) in [5, 5.41) is 2.87. The number of aryl methyl sites for hydroxylation is 1. The first-order valence-corrected chi connectivity index (χ1v) is 8.52. The van der Waals surface area contributed by atoms with E-state index >= 15 is 0 Å². The molecule has 96 valence electrons. The Balaban J connectivity index is 2.17. The molecule has 0 fully saturated rings. The fourth-order valence-electron chi connectivity index (χ4n) is 2.85. The van der Waals surface area contributed by atoms with Crippen LogP contribution in [0.15, 0.2) is 66.7 Å². The number of benzene rings is 3. The van der Waals surface area contributed by atoms with Crippen molar-refractivity contribution in [3.05, 3.63) is 72.3 Å². The van der Waals surface area contributed by atoms with Crippen molar-refractivity contribution in [2.75, 3.05) is 0 Å². The molecule has 0 amide bonds. The van der Waals surface area contributed by atoms with E-state index in [0.29, 0.717) is 14.5 Å². The predicted molar refractivity (Wildman–Crippen MR) is 88.6 cm³/mol. The summed E-state index contributed by atoms with van der Waals surface area (Å²) in [6, 6.07) is 24.2. The van der Waals surface area contributed by atoms with Gasteiger partial charge in [-0.05, 0) is 0 Å². The van der Waals surface area contributed by atoms with Gasteiger partial charge in [-0.25, -0.2) is 0 Å². The van der Waals surface area contributed by atoms with Gasteiger partial charge < -0.3 is 0 Å². The van der Waals surface area contributed by atoms with Crippen LogP contribution in [0.25, 0.3) is 30.4 Å². The molecule has 0 saturated carbocycles. The van der Waals surface area contributed by atoms with E-state index in [1.807, 2.05) is 0 Å². The first kappa shape index (κ1) is 12.0. The van der Waals surface area contributed by atoms with Crippen LogP contribution in [0.3, 0.4) is 0 Å². The molecule has 0 spiro atoms. The average molecular weight is 321 g/mol. The third-order valence-electron chi connectivity index (χ3n) is 3.82. The van der Waals surface area contributed by atoms with Crippen LogP contribution in [0.5, 0.6) is 0 Å². The summed E-state index contributed by atoms with van der Waals surface area (Å²) < 4.78 is 3.06. The van der Waals surface area contributed by atoms with Gasteiger partial charge in [-0.1, -0.05) is 0 Å². The van der Waals surface area contributed by atoms with Crippen molar-refractivity contribution in [2.45, 2.75) is 6.92 Å². The standard InChI is InChI=1S/C19H14Se/c1-13-11-12-16-15-9-5-6-10-17(15)20-19(16)18(13)14-7-3-2-4-8-14/h2-12H,1H3. The SMILES string of the molecule is Cc1ccc2c([se]c3ccccc32)c1-c1ccccc1. The van der Waals surface area contributed by atoms with E-state index < -0.39 is 0 Å². The normalized spacial score (nSPS) is 11.2. The van der Waals surface area contributed by atoms with E-state index in [4.69, 9.17) is 0 Å². The maximum atomic E-state index is 2.30. The van der Waals surface area contributed by atoms with E-state index in [0.717, 1.165) is 0 Å². The van der Waals surface area contributed by atoms with Crippen LogP contribution in [0.4, 0.5) is 0 Å². The first-order chi connectivity index (χ1) is 9.84. The molecular formula is C19H14Se. The summed E-state index contributed by atoms with van der Waals surface area (Å²) in [4.78, 5) is 0. The molecule has 1 heterocycles. The molecule has 0 aliphatic heterocycles. The van der Waals surface area contributed by atoms with Crippen LogP contribution in [-0.2, 0) is 0 Å². The van der Waals surface area contributed by atoms with Crippen molar-refractivity contribution < 1.29 is 0 Å². The van der Waals surface area contributed by atoms with Gasteiger partial charge >= 0.3 is 124 Å². The van der Waals surface area contributed by atoms with Crippen LogP contribution in [-0.4, -0.2) is 14.5 Å². The topological polar surface area (TPSA) is 0 Å². The number of fused-ring (bicyclic) bond motifs is 3. The van der Waals surface area contributed by atoms with Gasteiger partial charge in [-0.15, -0.1) is 0 Å². The minimum absolute atomic E-state index is 0.420. The van der Waals surface area contributed by atoms with E-state index in [2.05, 4.69) is 73.7 Å². The molecule has 0 nitrogen and oxygen atoms in total. The van der Waals surface area contributed by atoms with Crippen LogP contribution in [0, 0.1) is 6.92 Å². The summed E-state index contributed by atoms with van der Waals surface area (Å²) in [5.74, 6) is 0. The minimum atomic E-state index is 0.420. The molecule has 0 bridgehead atoms. The monoisotopic (exact) mass is 322 g/mol. The fraction of sp³-hybridized carbons (Fsp3) is 0.0526. The van der Waals surface area contributed by atoms with Crippen molar-refractivity contribution in [1.82, 2.24) is 0 Å². The molecule has 4 rings (SSSR count). The van der Waals surface area contributed by atoms with E-state index in [9.17, 15) is 0 Å². The Kier molecular flexibility index (Phi) is 2.77. The summed E-state index contributed by atoms with van der Waals surface area (Å²) >= 11 is 0.420. The number of rotatable bonds is 1. The van der Waals surface area contributed by atoms with E-state index in [1.54, 1.807) is 4.26 Å². The fourth-order valence-corrected chi connectivity index (χ4v) is 5.63. The molecule has 0 N–H and O–H groups in total. The summed E-state index contributed by atoms with van der Waals surface area (Å²) in [5.41, 5.74) is 4.17. The molecule has 3 aromatic carbocycles. The van der Waals surface area contributed by atoms with Crippen molar-refractivity contribution in [3.8, 4) is 11.1 Å². The molecule has 4 aromatic rings. The summed E-state index contributed by atoms with van der Waals surface area (Å²) in [6.07, 6.45) is 0. The Morgan fingerprint density at radius 3 is 2.30 bits per heavy atom. The van der Waals surface area contributed by atoms with Gasteiger partial charge in [0.15, 0.2) is 0 Å². The second-order valence-electron chi connectivity index (χ2n) is 5.10. The Morgan fingerprint density at radius 1 is 0.700 bits per heavy atom. The molecule has 1 aromatic heterocycles. The Bertz CT molecular complexity index is 901. The molecule has 0 atom stereocenters. The zero-order valence-electron chi connectivity index (χ0n) is 11.3. The predicted octanol–water partition coefficient (Wildman–Crippen LogP) is 5.03. The zero-order valence-corrected chi connectivity index (χ0v) is 13.0. The third kappa shape index (κ3) is 1.75. The van der Waals surface area contributed by atoms with Gasteiger partial charge in [0.05, 0.1) is 0 Å². The van der Waals surface area contributed by atoms with E-state index in [1.165, 1.54) is 31.7 Å². The van der Waals surface area contributed by atoms with Gasteiger partial charge in [0.1, 0.15) is 0 Å². The molecule has 0 aliphatic rings. The third-order valence-corrected chi connectivity index (χ3v) is 6.34. The molecule has 0 unspecified atom stereocenters. The number of hydrogen-bond acceptors (Lipinski definition) is 0. The van der Waals surface area contributed by atoms with Crippen LogP contribution in [0.2, 0.25) is 0 Å². The molecule has 0 aliphatic carbocycles. The van der Waals surface area contributed by atoms with Crippen molar-refractivity contribution >= 4 is 33.8 Å². The molecule has 0 saturated heterocycles. The van der Waals surface area contributed by atoms with Gasteiger partial charge in [0, 0.05) is 0 Å². The zero-order chi connectivity index (χ0) is 13.5. The summed E-state index contributed by atoms with van der Waals surface area (Å²) in [7, 11) is 0. The second kappa shape index (κ2) is 4.63. The van der Waals surface area contributed by atoms with Gasteiger partial charge in [-0.2, -0.15) is 0 Å². The van der Waals surface area contributed by atoms with Gasteiger partial charge in [-0.3, -0.25) is 0 Å². The summed E-state index contributed by atoms with van der Waals surface area (Å²) in [6.45, 7) is 2.22. The van der Waals surface area contributed by atoms with E-state index in [-0.39, 0.29) is 0 Å². The number of hydrogen-bond donors (Lipinski definition) is 0. The molecular weight excluding hydrogens is 307 g/mol. The van der Waals surface area contributed by atoms with Crippen molar-refractivity contribution in [3.63, 3.8) is 0 Å². The van der Waals surface area contributed by atoms with Crippen molar-refractivity contribution in [2.24, 2.45) is 0 Å². The molecule has 0 radical (unpaired) electrons. The molecule has 20 heavy (non-hydrogen) atoms. The van der Waals surface area contributed by atoms with Crippen LogP contribution < -0.4 is 0 Å². The van der Waals surface area contributed by atoms with Gasteiger partial charge in [0.2, 0.25) is 0 Å². The first-order valence-electron chi connectivity index (χ1n) is 6.81. The Hall–Kier alpha value is -1.82. The average Bonchev–Trinajstić information content (AvgIpc) is 2.86. The maximum absolute atomic E-state index is 2.30. The van der Waals surface area contributed by atoms with Crippen molar-refractivity contribution in [1.29, 1.82) is 0 Å². The second-order valence-corrected chi connectivity index (χ2v) is 7.31. The Morgan fingerprint density at radius 2 is 1.45 bits per heavy atom. The van der Waals surface area contributed by atoms with Gasteiger partial charge in [0.25, 0.3) is 0 Å². The Labute approximate surface area is 124 Å². The quantitative estimate of drug-likeness (QED) is 0.432. The molecule has 1 heteroatoms. The van der Waals surface area contributed by atoms with Crippen LogP contribution >= 0.6 is 0 Å².